The normalized spacial score (nSPS) is 9.93. The van der Waals surface area contributed by atoms with E-state index in [0.717, 1.165) is 0 Å². The molecule has 0 aromatic heterocycles. The number of carbonyl (C=O) groups is 2. The summed E-state index contributed by atoms with van der Waals surface area (Å²) < 4.78 is 23.6. The Labute approximate surface area is 78.7 Å². The Morgan fingerprint density at radius 1 is 1.43 bits per heavy atom. The van der Waals surface area contributed by atoms with Crippen LogP contribution < -0.4 is 5.32 Å². The molecule has 0 atom stereocenters. The van der Waals surface area contributed by atoms with Crippen LogP contribution in [0.4, 0.5) is 14.5 Å². The summed E-state index contributed by atoms with van der Waals surface area (Å²) >= 11 is 0. The predicted octanol–water partition coefficient (Wildman–Crippen LogP) is 1.70. The summed E-state index contributed by atoms with van der Waals surface area (Å²) in [7, 11) is 0. The SMILES string of the molecule is O=Cc1cccc(NC(=O)C(F)F)c1. The van der Waals surface area contributed by atoms with Crippen molar-refractivity contribution >= 4 is 17.9 Å². The largest absolute Gasteiger partial charge is 0.321 e. The molecule has 0 aliphatic heterocycles. The van der Waals surface area contributed by atoms with Crippen LogP contribution in [0.15, 0.2) is 24.3 Å². The average molecular weight is 199 g/mol. The lowest BCUT2D eigenvalue weighted by Crippen LogP contribution is -2.20. The maximum Gasteiger partial charge on any atom is 0.315 e. The number of benzene rings is 1. The molecule has 0 heterocycles. The fourth-order valence-electron chi connectivity index (χ4n) is 0.887. The molecule has 74 valence electrons. The molecule has 0 bridgehead atoms. The Hall–Kier alpha value is -1.78. The van der Waals surface area contributed by atoms with Gasteiger partial charge in [0.1, 0.15) is 6.29 Å². The Morgan fingerprint density at radius 2 is 2.14 bits per heavy atom. The number of anilines is 1. The number of rotatable bonds is 3. The van der Waals surface area contributed by atoms with Crippen LogP contribution >= 0.6 is 0 Å². The maximum absolute atomic E-state index is 11.8. The molecule has 3 nitrogen and oxygen atoms in total. The number of hydrogen-bond donors (Lipinski definition) is 1. The van der Waals surface area contributed by atoms with Crippen LogP contribution in [0.1, 0.15) is 10.4 Å². The molecule has 1 aromatic carbocycles. The van der Waals surface area contributed by atoms with E-state index >= 15 is 0 Å². The van der Waals surface area contributed by atoms with E-state index in [1.165, 1.54) is 24.3 Å². The molecule has 0 aliphatic rings. The Balaban J connectivity index is 2.76. The van der Waals surface area contributed by atoms with Crippen molar-refractivity contribution in [1.29, 1.82) is 0 Å². The van der Waals surface area contributed by atoms with Gasteiger partial charge in [0.25, 0.3) is 5.91 Å². The van der Waals surface area contributed by atoms with Crippen molar-refractivity contribution in [3.05, 3.63) is 29.8 Å². The third kappa shape index (κ3) is 2.62. The lowest BCUT2D eigenvalue weighted by molar-refractivity contribution is -0.126. The third-order valence-corrected chi connectivity index (χ3v) is 1.49. The van der Waals surface area contributed by atoms with Crippen LogP contribution in [0.2, 0.25) is 0 Å². The van der Waals surface area contributed by atoms with Gasteiger partial charge in [0.05, 0.1) is 0 Å². The fraction of sp³-hybridized carbons (Fsp3) is 0.111. The number of aldehydes is 1. The number of alkyl halides is 2. The third-order valence-electron chi connectivity index (χ3n) is 1.49. The van der Waals surface area contributed by atoms with Gasteiger partial charge in [-0.2, -0.15) is 8.78 Å². The first-order chi connectivity index (χ1) is 6.63. The molecular formula is C9H7F2NO2. The smallest absolute Gasteiger partial charge is 0.315 e. The highest BCUT2D eigenvalue weighted by molar-refractivity contribution is 5.93. The van der Waals surface area contributed by atoms with Gasteiger partial charge in [0, 0.05) is 11.3 Å². The topological polar surface area (TPSA) is 46.2 Å². The quantitative estimate of drug-likeness (QED) is 0.753. The molecule has 5 heteroatoms. The second kappa shape index (κ2) is 4.45. The molecule has 0 unspecified atom stereocenters. The van der Waals surface area contributed by atoms with Crippen molar-refractivity contribution in [3.63, 3.8) is 0 Å². The number of halogens is 2. The summed E-state index contributed by atoms with van der Waals surface area (Å²) in [5, 5.41) is 1.97. The molecule has 1 amide bonds. The molecule has 0 spiro atoms. The molecule has 0 aliphatic carbocycles. The zero-order chi connectivity index (χ0) is 10.6. The Kier molecular flexibility index (Phi) is 3.28. The van der Waals surface area contributed by atoms with Crippen molar-refractivity contribution in [1.82, 2.24) is 0 Å². The van der Waals surface area contributed by atoms with Crippen LogP contribution in [-0.4, -0.2) is 18.6 Å². The minimum absolute atomic E-state index is 0.180. The number of hydrogen-bond acceptors (Lipinski definition) is 2. The highest BCUT2D eigenvalue weighted by Crippen LogP contribution is 2.10. The second-order valence-electron chi connectivity index (χ2n) is 2.53. The number of nitrogens with one attached hydrogen (secondary N) is 1. The van der Waals surface area contributed by atoms with Crippen molar-refractivity contribution in [3.8, 4) is 0 Å². The maximum atomic E-state index is 11.8. The van der Waals surface area contributed by atoms with Crippen molar-refractivity contribution in [2.75, 3.05) is 5.32 Å². The van der Waals surface area contributed by atoms with Gasteiger partial charge in [0.15, 0.2) is 0 Å². The summed E-state index contributed by atoms with van der Waals surface area (Å²) in [5.41, 5.74) is 0.497. The standard InChI is InChI=1S/C9H7F2NO2/c10-8(11)9(14)12-7-3-1-2-6(4-7)5-13/h1-5,8H,(H,12,14). The molecule has 1 rings (SSSR count). The van der Waals surface area contributed by atoms with E-state index in [4.69, 9.17) is 0 Å². The second-order valence-corrected chi connectivity index (χ2v) is 2.53. The molecule has 0 saturated heterocycles. The van der Waals surface area contributed by atoms with Crippen molar-refractivity contribution in [2.45, 2.75) is 6.43 Å². The molecule has 0 fully saturated rings. The lowest BCUT2D eigenvalue weighted by Gasteiger charge is -2.03. The van der Waals surface area contributed by atoms with Gasteiger partial charge in [-0.1, -0.05) is 12.1 Å². The van der Waals surface area contributed by atoms with E-state index in [1.54, 1.807) is 0 Å². The summed E-state index contributed by atoms with van der Waals surface area (Å²) in [6.07, 6.45) is -2.49. The van der Waals surface area contributed by atoms with Crippen LogP contribution in [0.3, 0.4) is 0 Å². The Morgan fingerprint density at radius 3 is 2.71 bits per heavy atom. The van der Waals surface area contributed by atoms with E-state index < -0.39 is 12.3 Å². The molecule has 0 saturated carbocycles. The van der Waals surface area contributed by atoms with Crippen LogP contribution in [0.25, 0.3) is 0 Å². The first-order valence-corrected chi connectivity index (χ1v) is 3.77. The van der Waals surface area contributed by atoms with Gasteiger partial charge in [-0.3, -0.25) is 9.59 Å². The molecule has 1 aromatic rings. The predicted molar refractivity (Wildman–Crippen MR) is 46.5 cm³/mol. The highest BCUT2D eigenvalue weighted by atomic mass is 19.3. The van der Waals surface area contributed by atoms with Gasteiger partial charge in [0.2, 0.25) is 0 Å². The van der Waals surface area contributed by atoms with Gasteiger partial charge in [-0.15, -0.1) is 0 Å². The first-order valence-electron chi connectivity index (χ1n) is 3.77. The Bertz CT molecular complexity index is 352. The lowest BCUT2D eigenvalue weighted by atomic mass is 10.2. The van der Waals surface area contributed by atoms with Crippen LogP contribution in [-0.2, 0) is 4.79 Å². The highest BCUT2D eigenvalue weighted by Gasteiger charge is 2.14. The van der Waals surface area contributed by atoms with Gasteiger partial charge < -0.3 is 5.32 Å². The van der Waals surface area contributed by atoms with E-state index in [2.05, 4.69) is 0 Å². The van der Waals surface area contributed by atoms with Crippen molar-refractivity contribution in [2.24, 2.45) is 0 Å². The summed E-state index contributed by atoms with van der Waals surface area (Å²) in [6.45, 7) is 0. The molecule has 0 radical (unpaired) electrons. The van der Waals surface area contributed by atoms with Gasteiger partial charge in [-0.25, -0.2) is 0 Å². The molecular weight excluding hydrogens is 192 g/mol. The van der Waals surface area contributed by atoms with Gasteiger partial charge in [-0.05, 0) is 12.1 Å². The first kappa shape index (κ1) is 10.3. The monoisotopic (exact) mass is 199 g/mol. The zero-order valence-electron chi connectivity index (χ0n) is 7.04. The fourth-order valence-corrected chi connectivity index (χ4v) is 0.887. The summed E-state index contributed by atoms with van der Waals surface area (Å²) in [5.74, 6) is -1.38. The van der Waals surface area contributed by atoms with Crippen molar-refractivity contribution < 1.29 is 18.4 Å². The van der Waals surface area contributed by atoms with E-state index in [0.29, 0.717) is 11.8 Å². The van der Waals surface area contributed by atoms with E-state index in [-0.39, 0.29) is 5.69 Å². The summed E-state index contributed by atoms with van der Waals surface area (Å²) in [4.78, 5) is 20.9. The zero-order valence-corrected chi connectivity index (χ0v) is 7.04. The average Bonchev–Trinajstić information content (AvgIpc) is 2.18. The summed E-state index contributed by atoms with van der Waals surface area (Å²) in [6, 6.07) is 5.73. The van der Waals surface area contributed by atoms with Gasteiger partial charge >= 0.3 is 6.43 Å². The molecule has 1 N–H and O–H groups in total. The van der Waals surface area contributed by atoms with Crippen LogP contribution in [0, 0.1) is 0 Å². The van der Waals surface area contributed by atoms with E-state index in [9.17, 15) is 18.4 Å². The van der Waals surface area contributed by atoms with E-state index in [1.807, 2.05) is 5.32 Å². The number of carbonyl (C=O) groups excluding carboxylic acids is 2. The minimum Gasteiger partial charge on any atom is -0.321 e. The minimum atomic E-state index is -3.06. The molecule has 14 heavy (non-hydrogen) atoms. The van der Waals surface area contributed by atoms with Crippen LogP contribution in [0.5, 0.6) is 0 Å². The number of amides is 1.